The second-order valence-electron chi connectivity index (χ2n) is 9.21. The van der Waals surface area contributed by atoms with Gasteiger partial charge in [-0.3, -0.25) is 14.5 Å². The fourth-order valence-electron chi connectivity index (χ4n) is 4.86. The van der Waals surface area contributed by atoms with Crippen LogP contribution in [0.3, 0.4) is 0 Å². The molecule has 0 spiro atoms. The number of nitriles is 1. The summed E-state index contributed by atoms with van der Waals surface area (Å²) in [6, 6.07) is 13.5. The van der Waals surface area contributed by atoms with Crippen molar-refractivity contribution in [3.63, 3.8) is 0 Å². The van der Waals surface area contributed by atoms with Gasteiger partial charge < -0.3 is 15.8 Å². The van der Waals surface area contributed by atoms with Gasteiger partial charge in [-0.2, -0.15) is 5.26 Å². The number of carbonyl (C=O) groups is 3. The summed E-state index contributed by atoms with van der Waals surface area (Å²) >= 11 is 15.4. The third-order valence-corrected chi connectivity index (χ3v) is 9.41. The molecule has 1 aromatic heterocycles. The lowest BCUT2D eigenvalue weighted by Crippen LogP contribution is -2.38. The van der Waals surface area contributed by atoms with Gasteiger partial charge in [-0.15, -0.1) is 10.2 Å². The lowest BCUT2D eigenvalue weighted by atomic mass is 9.75. The molecular formula is C28H22Cl2N6O4S2. The number of ketones is 1. The topological polar surface area (TPSA) is 151 Å². The number of amides is 1. The molecule has 2 heterocycles. The Kier molecular flexibility index (Phi) is 8.84. The second-order valence-corrected chi connectivity index (χ2v) is 12.2. The molecule has 3 N–H and O–H groups in total. The Balaban J connectivity index is 1.38. The SMILES string of the molecule is COC(=O)c1ccc(NC(=O)CSc2nnc(N3C(N)=C(C#N)C(c4c(Cl)cccc4Cl)C4=C3CCCC4=O)s2)cc1. The highest BCUT2D eigenvalue weighted by Gasteiger charge is 2.42. The van der Waals surface area contributed by atoms with Crippen LogP contribution in [-0.4, -0.2) is 40.7 Å². The zero-order chi connectivity index (χ0) is 30.0. The molecule has 0 saturated heterocycles. The van der Waals surface area contributed by atoms with Gasteiger partial charge in [-0.1, -0.05) is 52.4 Å². The van der Waals surface area contributed by atoms with Crippen LogP contribution in [0.4, 0.5) is 10.8 Å². The van der Waals surface area contributed by atoms with E-state index in [-0.39, 0.29) is 28.8 Å². The van der Waals surface area contributed by atoms with Gasteiger partial charge in [0.15, 0.2) is 10.1 Å². The van der Waals surface area contributed by atoms with E-state index in [0.717, 1.165) is 0 Å². The Bertz CT molecular complexity index is 1680. The highest BCUT2D eigenvalue weighted by Crippen LogP contribution is 2.49. The third kappa shape index (κ3) is 5.73. The van der Waals surface area contributed by atoms with E-state index < -0.39 is 11.9 Å². The number of allylic oxidation sites excluding steroid dienone is 3. The van der Waals surface area contributed by atoms with Gasteiger partial charge in [0.1, 0.15) is 5.82 Å². The van der Waals surface area contributed by atoms with Crippen LogP contribution in [0.25, 0.3) is 0 Å². The minimum atomic E-state index is -0.803. The number of anilines is 2. The van der Waals surface area contributed by atoms with Crippen LogP contribution in [0.5, 0.6) is 0 Å². The predicted molar refractivity (Wildman–Crippen MR) is 161 cm³/mol. The number of hydrogen-bond donors (Lipinski definition) is 2. The average Bonchev–Trinajstić information content (AvgIpc) is 3.44. The fourth-order valence-corrected chi connectivity index (χ4v) is 7.16. The van der Waals surface area contributed by atoms with Gasteiger partial charge in [0.2, 0.25) is 11.0 Å². The van der Waals surface area contributed by atoms with Gasteiger partial charge in [0, 0.05) is 39.0 Å². The number of thioether (sulfide) groups is 1. The maximum atomic E-state index is 13.3. The molecule has 214 valence electrons. The lowest BCUT2D eigenvalue weighted by Gasteiger charge is -2.38. The molecule has 1 aliphatic carbocycles. The lowest BCUT2D eigenvalue weighted by molar-refractivity contribution is -0.116. The van der Waals surface area contributed by atoms with E-state index in [9.17, 15) is 19.6 Å². The summed E-state index contributed by atoms with van der Waals surface area (Å²) in [6.45, 7) is 0. The Hall–Kier alpha value is -3.89. The van der Waals surface area contributed by atoms with E-state index in [1.54, 1.807) is 47.4 Å². The fraction of sp³-hybridized carbons (Fsp3) is 0.214. The van der Waals surface area contributed by atoms with Crippen LogP contribution in [0, 0.1) is 11.3 Å². The number of nitrogens with two attached hydrogens (primary N) is 1. The molecule has 0 saturated carbocycles. The monoisotopic (exact) mass is 640 g/mol. The molecule has 2 aliphatic rings. The minimum absolute atomic E-state index is 0.0433. The first-order valence-electron chi connectivity index (χ1n) is 12.6. The Morgan fingerprint density at radius 3 is 2.57 bits per heavy atom. The number of methoxy groups -OCH3 is 1. The molecule has 0 radical (unpaired) electrons. The Morgan fingerprint density at radius 2 is 1.90 bits per heavy atom. The minimum Gasteiger partial charge on any atom is -0.465 e. The maximum Gasteiger partial charge on any atom is 0.337 e. The van der Waals surface area contributed by atoms with Crippen molar-refractivity contribution >= 4 is 74.8 Å². The van der Waals surface area contributed by atoms with E-state index in [0.29, 0.717) is 66.9 Å². The first-order valence-corrected chi connectivity index (χ1v) is 15.1. The van der Waals surface area contributed by atoms with E-state index in [4.69, 9.17) is 28.9 Å². The van der Waals surface area contributed by atoms with Crippen LogP contribution >= 0.6 is 46.3 Å². The van der Waals surface area contributed by atoms with Crippen molar-refractivity contribution in [2.45, 2.75) is 29.5 Å². The van der Waals surface area contributed by atoms with Crippen LogP contribution in [0.15, 0.2) is 69.5 Å². The molecule has 0 fully saturated rings. The van der Waals surface area contributed by atoms with Crippen LogP contribution < -0.4 is 16.0 Å². The summed E-state index contributed by atoms with van der Waals surface area (Å²) in [5.41, 5.74) is 9.14. The summed E-state index contributed by atoms with van der Waals surface area (Å²) in [4.78, 5) is 39.1. The van der Waals surface area contributed by atoms with E-state index in [1.165, 1.54) is 30.2 Å². The van der Waals surface area contributed by atoms with Crippen molar-refractivity contribution in [3.8, 4) is 6.07 Å². The van der Waals surface area contributed by atoms with E-state index in [2.05, 4.69) is 26.3 Å². The molecule has 1 aliphatic heterocycles. The van der Waals surface area contributed by atoms with Crippen LogP contribution in [0.1, 0.15) is 41.1 Å². The number of esters is 1. The zero-order valence-electron chi connectivity index (χ0n) is 22.0. The van der Waals surface area contributed by atoms with Crippen LogP contribution in [0.2, 0.25) is 10.0 Å². The third-order valence-electron chi connectivity index (χ3n) is 6.71. The number of halogens is 2. The van der Waals surface area contributed by atoms with Gasteiger partial charge in [0.05, 0.1) is 36.0 Å². The van der Waals surface area contributed by atoms with Crippen LogP contribution in [-0.2, 0) is 14.3 Å². The Labute approximate surface area is 259 Å². The molecule has 1 amide bonds. The zero-order valence-corrected chi connectivity index (χ0v) is 25.2. The summed E-state index contributed by atoms with van der Waals surface area (Å²) in [5, 5.41) is 22.5. The number of ether oxygens (including phenoxy) is 1. The molecule has 2 aromatic carbocycles. The number of Topliss-reactive ketones (excluding diaryl/α,β-unsaturated/α-hetero) is 1. The summed E-state index contributed by atoms with van der Waals surface area (Å²) in [6.07, 6.45) is 1.45. The van der Waals surface area contributed by atoms with Crippen molar-refractivity contribution in [1.82, 2.24) is 10.2 Å². The number of nitrogens with zero attached hydrogens (tertiary/aromatic N) is 4. The number of benzene rings is 2. The van der Waals surface area contributed by atoms with Crippen molar-refractivity contribution in [2.24, 2.45) is 5.73 Å². The van der Waals surface area contributed by atoms with E-state index >= 15 is 0 Å². The van der Waals surface area contributed by atoms with E-state index in [1.807, 2.05) is 0 Å². The van der Waals surface area contributed by atoms with Crippen molar-refractivity contribution < 1.29 is 19.1 Å². The number of aromatic nitrogens is 2. The first-order chi connectivity index (χ1) is 20.2. The second kappa shape index (κ2) is 12.5. The number of rotatable bonds is 7. The predicted octanol–water partition coefficient (Wildman–Crippen LogP) is 5.67. The quantitative estimate of drug-likeness (QED) is 0.244. The van der Waals surface area contributed by atoms with Gasteiger partial charge >= 0.3 is 5.97 Å². The molecule has 1 atom stereocenters. The van der Waals surface area contributed by atoms with Crippen molar-refractivity contribution in [3.05, 3.63) is 86.3 Å². The Morgan fingerprint density at radius 1 is 1.19 bits per heavy atom. The summed E-state index contributed by atoms with van der Waals surface area (Å²) < 4.78 is 5.17. The van der Waals surface area contributed by atoms with Crippen molar-refractivity contribution in [2.75, 3.05) is 23.1 Å². The highest BCUT2D eigenvalue weighted by molar-refractivity contribution is 8.01. The molecule has 0 bridgehead atoms. The van der Waals surface area contributed by atoms with Gasteiger partial charge in [0.25, 0.3) is 0 Å². The largest absolute Gasteiger partial charge is 0.465 e. The molecule has 3 aromatic rings. The van der Waals surface area contributed by atoms with Crippen molar-refractivity contribution in [1.29, 1.82) is 5.26 Å². The molecule has 10 nitrogen and oxygen atoms in total. The molecular weight excluding hydrogens is 619 g/mol. The number of hydrogen-bond acceptors (Lipinski definition) is 11. The summed E-state index contributed by atoms with van der Waals surface area (Å²) in [7, 11) is 1.30. The molecule has 1 unspecified atom stereocenters. The summed E-state index contributed by atoms with van der Waals surface area (Å²) in [5.74, 6) is -1.51. The highest BCUT2D eigenvalue weighted by atomic mass is 35.5. The first kappa shape index (κ1) is 29.6. The maximum absolute atomic E-state index is 13.3. The van der Waals surface area contributed by atoms with Gasteiger partial charge in [-0.25, -0.2) is 4.79 Å². The number of carbonyl (C=O) groups excluding carboxylic acids is 3. The molecule has 14 heteroatoms. The molecule has 5 rings (SSSR count). The normalized spacial score (nSPS) is 16.7. The average molecular weight is 642 g/mol. The smallest absolute Gasteiger partial charge is 0.337 e. The number of nitrogens with one attached hydrogen (secondary N) is 1. The molecule has 42 heavy (non-hydrogen) atoms. The van der Waals surface area contributed by atoms with Gasteiger partial charge in [-0.05, 0) is 49.2 Å². The standard InChI is InChI=1S/C28H22Cl2N6O4S2/c1-40-26(39)14-8-10-15(11-9-14)33-21(38)13-41-28-35-34-27(42-28)36-19-6-3-7-20(37)24(19)22(16(12-31)25(36)32)23-17(29)4-2-5-18(23)30/h2,4-5,8-11,22H,3,6-7,13,32H2,1H3,(H,33,38).